The van der Waals surface area contributed by atoms with Gasteiger partial charge in [0.15, 0.2) is 0 Å². The minimum atomic E-state index is -0.565. The molecule has 44 heavy (non-hydrogen) atoms. The van der Waals surface area contributed by atoms with E-state index >= 15 is 0 Å². The van der Waals surface area contributed by atoms with Gasteiger partial charge < -0.3 is 39.4 Å². The standard InChI is InChI=1S/C29H32N6O9/c36-25-17-41-11-9-32(25)19-1-5-21(6-2-19)34-15-23(43-28(34)39)13-30-27(38)31-14-24-16-35(29(40)44-24)22-7-3-20(4-8-22)33-10-12-42-18-26(33)37/h1-8,23-24H,9-18H2,(H2,30,31,38)/t23-,24-/m1/s1. The second-order valence-electron chi connectivity index (χ2n) is 10.6. The van der Waals surface area contributed by atoms with Gasteiger partial charge in [0, 0.05) is 35.8 Å². The molecule has 2 atom stereocenters. The van der Waals surface area contributed by atoms with Crippen molar-refractivity contribution in [2.24, 2.45) is 0 Å². The number of anilines is 4. The van der Waals surface area contributed by atoms with Crippen LogP contribution in [0.2, 0.25) is 0 Å². The number of hydrogen-bond acceptors (Lipinski definition) is 9. The summed E-state index contributed by atoms with van der Waals surface area (Å²) in [5, 5.41) is 5.38. The van der Waals surface area contributed by atoms with Crippen LogP contribution in [0.3, 0.4) is 0 Å². The monoisotopic (exact) mass is 608 g/mol. The van der Waals surface area contributed by atoms with E-state index in [1.165, 1.54) is 9.80 Å². The van der Waals surface area contributed by atoms with Crippen molar-refractivity contribution in [3.05, 3.63) is 48.5 Å². The molecule has 0 radical (unpaired) electrons. The first kappa shape index (κ1) is 29.2. The second-order valence-corrected chi connectivity index (χ2v) is 10.6. The molecule has 0 aliphatic carbocycles. The van der Waals surface area contributed by atoms with Crippen LogP contribution in [0.1, 0.15) is 0 Å². The summed E-state index contributed by atoms with van der Waals surface area (Å²) in [6.07, 6.45) is -2.20. The van der Waals surface area contributed by atoms with Crippen molar-refractivity contribution in [3.63, 3.8) is 0 Å². The normalized spacial score (nSPS) is 22.3. The zero-order valence-electron chi connectivity index (χ0n) is 23.8. The Bertz CT molecular complexity index is 1310. The fraction of sp³-hybridized carbons (Fsp3) is 0.414. The minimum Gasteiger partial charge on any atom is -0.442 e. The topological polar surface area (TPSA) is 159 Å². The summed E-state index contributed by atoms with van der Waals surface area (Å²) in [6, 6.07) is 13.6. The lowest BCUT2D eigenvalue weighted by molar-refractivity contribution is -0.126. The van der Waals surface area contributed by atoms with E-state index in [-0.39, 0.29) is 51.2 Å². The zero-order chi connectivity index (χ0) is 30.6. The highest BCUT2D eigenvalue weighted by molar-refractivity contribution is 5.96. The van der Waals surface area contributed by atoms with E-state index in [1.807, 2.05) is 0 Å². The van der Waals surface area contributed by atoms with Crippen LogP contribution in [-0.2, 0) is 28.5 Å². The van der Waals surface area contributed by atoms with Gasteiger partial charge in [-0.05, 0) is 48.5 Å². The van der Waals surface area contributed by atoms with Crippen LogP contribution in [0.4, 0.5) is 37.1 Å². The number of morpholine rings is 2. The molecule has 4 aliphatic rings. The Hall–Kier alpha value is -4.89. The first-order valence-electron chi connectivity index (χ1n) is 14.3. The highest BCUT2D eigenvalue weighted by Crippen LogP contribution is 2.27. The Balaban J connectivity index is 0.936. The molecule has 0 unspecified atom stereocenters. The number of amides is 6. The van der Waals surface area contributed by atoms with E-state index in [0.29, 0.717) is 37.7 Å². The van der Waals surface area contributed by atoms with Gasteiger partial charge >= 0.3 is 18.2 Å². The van der Waals surface area contributed by atoms with Crippen molar-refractivity contribution in [2.45, 2.75) is 12.2 Å². The quantitative estimate of drug-likeness (QED) is 0.447. The predicted octanol–water partition coefficient (Wildman–Crippen LogP) is 1.06. The fourth-order valence-corrected chi connectivity index (χ4v) is 5.36. The van der Waals surface area contributed by atoms with Crippen LogP contribution < -0.4 is 30.2 Å². The molecule has 0 aromatic heterocycles. The Morgan fingerprint density at radius 2 is 0.977 bits per heavy atom. The number of rotatable bonds is 8. The van der Waals surface area contributed by atoms with Crippen LogP contribution >= 0.6 is 0 Å². The third-order valence-electron chi connectivity index (χ3n) is 7.65. The third-order valence-corrected chi connectivity index (χ3v) is 7.65. The van der Waals surface area contributed by atoms with Gasteiger partial charge in [-0.15, -0.1) is 0 Å². The first-order chi connectivity index (χ1) is 21.4. The summed E-state index contributed by atoms with van der Waals surface area (Å²) in [5.74, 6) is -0.238. The van der Waals surface area contributed by atoms with Crippen LogP contribution in [0.25, 0.3) is 0 Å². The van der Waals surface area contributed by atoms with Gasteiger partial charge in [0.25, 0.3) is 11.8 Å². The van der Waals surface area contributed by atoms with Crippen molar-refractivity contribution in [1.82, 2.24) is 10.6 Å². The molecule has 0 spiro atoms. The van der Waals surface area contributed by atoms with Gasteiger partial charge in [0.05, 0.1) is 39.4 Å². The molecule has 2 aromatic carbocycles. The maximum absolute atomic E-state index is 12.5. The van der Waals surface area contributed by atoms with Gasteiger partial charge in [-0.25, -0.2) is 14.4 Å². The average molecular weight is 609 g/mol. The lowest BCUT2D eigenvalue weighted by atomic mass is 10.2. The first-order valence-corrected chi connectivity index (χ1v) is 14.3. The van der Waals surface area contributed by atoms with E-state index in [1.54, 1.807) is 58.3 Å². The Morgan fingerprint density at radius 3 is 1.34 bits per heavy atom. The summed E-state index contributed by atoms with van der Waals surface area (Å²) < 4.78 is 21.1. The summed E-state index contributed by atoms with van der Waals surface area (Å²) in [5.41, 5.74) is 2.67. The number of nitrogens with zero attached hydrogens (tertiary/aromatic N) is 4. The fourth-order valence-electron chi connectivity index (χ4n) is 5.36. The molecule has 4 fully saturated rings. The van der Waals surface area contributed by atoms with E-state index < -0.39 is 30.4 Å². The van der Waals surface area contributed by atoms with Gasteiger partial charge in [-0.2, -0.15) is 0 Å². The molecular formula is C29H32N6O9. The van der Waals surface area contributed by atoms with Crippen LogP contribution in [0.5, 0.6) is 0 Å². The molecule has 15 heteroatoms. The highest BCUT2D eigenvalue weighted by atomic mass is 16.6. The minimum absolute atomic E-state index is 0.0436. The number of ether oxygens (including phenoxy) is 4. The van der Waals surface area contributed by atoms with Gasteiger partial charge in [-0.1, -0.05) is 0 Å². The van der Waals surface area contributed by atoms with Crippen molar-refractivity contribution < 1.29 is 42.9 Å². The molecule has 232 valence electrons. The summed E-state index contributed by atoms with van der Waals surface area (Å²) in [4.78, 5) is 67.7. The maximum Gasteiger partial charge on any atom is 0.414 e. The zero-order valence-corrected chi connectivity index (χ0v) is 23.8. The number of benzene rings is 2. The smallest absolute Gasteiger partial charge is 0.414 e. The number of cyclic esters (lactones) is 2. The summed E-state index contributed by atoms with van der Waals surface area (Å²) in [6.45, 7) is 2.60. The lowest BCUT2D eigenvalue weighted by Gasteiger charge is -2.27. The Kier molecular flexibility index (Phi) is 8.47. The molecule has 0 bridgehead atoms. The lowest BCUT2D eigenvalue weighted by Crippen LogP contribution is -2.44. The van der Waals surface area contributed by atoms with Crippen LogP contribution in [0.15, 0.2) is 48.5 Å². The SMILES string of the molecule is O=C(NC[C@@H]1CN(c2ccc(N3CCOCC3=O)cc2)C(=O)O1)NC[C@@H]1CN(c2ccc(N3CCOCC3=O)cc2)C(=O)O1. The van der Waals surface area contributed by atoms with Crippen molar-refractivity contribution in [2.75, 3.05) is 85.3 Å². The number of nitrogens with one attached hydrogen (secondary N) is 2. The van der Waals surface area contributed by atoms with Crippen molar-refractivity contribution in [3.8, 4) is 0 Å². The molecule has 4 heterocycles. The number of carbonyl (C=O) groups is 5. The summed E-state index contributed by atoms with van der Waals surface area (Å²) >= 11 is 0. The average Bonchev–Trinajstić information content (AvgIpc) is 3.61. The Labute approximate surface area is 252 Å². The number of urea groups is 1. The second kappa shape index (κ2) is 12.8. The predicted molar refractivity (Wildman–Crippen MR) is 156 cm³/mol. The van der Waals surface area contributed by atoms with Crippen LogP contribution in [-0.4, -0.2) is 108 Å². The van der Waals surface area contributed by atoms with E-state index in [0.717, 1.165) is 11.4 Å². The molecule has 4 saturated heterocycles. The Morgan fingerprint density at radius 1 is 0.614 bits per heavy atom. The van der Waals surface area contributed by atoms with E-state index in [4.69, 9.17) is 18.9 Å². The van der Waals surface area contributed by atoms with Crippen molar-refractivity contribution in [1.29, 1.82) is 0 Å². The van der Waals surface area contributed by atoms with Crippen LogP contribution in [0, 0.1) is 0 Å². The molecular weight excluding hydrogens is 576 g/mol. The maximum atomic E-state index is 12.5. The van der Waals surface area contributed by atoms with E-state index in [9.17, 15) is 24.0 Å². The van der Waals surface area contributed by atoms with Gasteiger partial charge in [0.1, 0.15) is 25.4 Å². The number of hydrogen-bond donors (Lipinski definition) is 2. The molecule has 2 aromatic rings. The molecule has 6 rings (SSSR count). The molecule has 15 nitrogen and oxygen atoms in total. The highest BCUT2D eigenvalue weighted by Gasteiger charge is 2.34. The van der Waals surface area contributed by atoms with Crippen molar-refractivity contribution >= 4 is 52.8 Å². The largest absolute Gasteiger partial charge is 0.442 e. The van der Waals surface area contributed by atoms with E-state index in [2.05, 4.69) is 10.6 Å². The summed E-state index contributed by atoms with van der Waals surface area (Å²) in [7, 11) is 0. The third kappa shape index (κ3) is 6.38. The number of carbonyl (C=O) groups excluding carboxylic acids is 5. The molecule has 0 saturated carbocycles. The molecule has 4 aliphatic heterocycles. The van der Waals surface area contributed by atoms with Gasteiger partial charge in [-0.3, -0.25) is 19.4 Å². The molecule has 6 amide bonds. The van der Waals surface area contributed by atoms with Gasteiger partial charge in [0.2, 0.25) is 0 Å². The molecule has 2 N–H and O–H groups in total.